The average Bonchev–Trinajstić information content (AvgIpc) is 2.67. The third-order valence-electron chi connectivity index (χ3n) is 2.89. The summed E-state index contributed by atoms with van der Waals surface area (Å²) >= 11 is 0. The minimum Gasteiger partial charge on any atom is -0.399 e. The van der Waals surface area contributed by atoms with Gasteiger partial charge in [-0.3, -0.25) is 0 Å². The van der Waals surface area contributed by atoms with Crippen molar-refractivity contribution in [2.75, 3.05) is 11.5 Å². The number of nitrogens with two attached hydrogens (primary N) is 2. The molecule has 0 unspecified atom stereocenters. The first-order chi connectivity index (χ1) is 8.63. The van der Waals surface area contributed by atoms with Crippen molar-refractivity contribution in [2.45, 2.75) is 6.92 Å². The van der Waals surface area contributed by atoms with Crippen LogP contribution in [0.25, 0.3) is 16.8 Å². The van der Waals surface area contributed by atoms with Crippen molar-refractivity contribution >= 4 is 17.3 Å². The van der Waals surface area contributed by atoms with Gasteiger partial charge in [0.2, 0.25) is 5.95 Å². The van der Waals surface area contributed by atoms with E-state index >= 15 is 0 Å². The van der Waals surface area contributed by atoms with E-state index in [-0.39, 0.29) is 5.95 Å². The van der Waals surface area contributed by atoms with Gasteiger partial charge in [-0.1, -0.05) is 12.1 Å². The van der Waals surface area contributed by atoms with Gasteiger partial charge in [-0.25, -0.2) is 4.52 Å². The standard InChI is InChI=1S/C13H13N5/c1-8-5-12-16-13(15)17-18(12)7-11(8)9-3-2-4-10(14)6-9/h2-7H,14H2,1H3,(H2,15,17). The number of fused-ring (bicyclic) bond motifs is 1. The van der Waals surface area contributed by atoms with Crippen LogP contribution in [-0.2, 0) is 0 Å². The van der Waals surface area contributed by atoms with Gasteiger partial charge in [0.25, 0.3) is 0 Å². The van der Waals surface area contributed by atoms with Crippen LogP contribution in [0.3, 0.4) is 0 Å². The maximum Gasteiger partial charge on any atom is 0.240 e. The number of pyridine rings is 1. The molecule has 0 saturated heterocycles. The van der Waals surface area contributed by atoms with Crippen molar-refractivity contribution in [1.82, 2.24) is 14.6 Å². The summed E-state index contributed by atoms with van der Waals surface area (Å²) in [6.07, 6.45) is 1.92. The highest BCUT2D eigenvalue weighted by Gasteiger charge is 2.07. The Bertz CT molecular complexity index is 729. The number of rotatable bonds is 1. The maximum atomic E-state index is 5.81. The zero-order chi connectivity index (χ0) is 12.7. The Kier molecular flexibility index (Phi) is 2.19. The van der Waals surface area contributed by atoms with Crippen molar-refractivity contribution in [3.8, 4) is 11.1 Å². The molecule has 0 radical (unpaired) electrons. The molecule has 2 heterocycles. The molecule has 0 aliphatic rings. The summed E-state index contributed by atoms with van der Waals surface area (Å²) in [5, 5.41) is 4.11. The molecular weight excluding hydrogens is 226 g/mol. The van der Waals surface area contributed by atoms with Gasteiger partial charge in [-0.05, 0) is 36.2 Å². The normalized spacial score (nSPS) is 10.9. The van der Waals surface area contributed by atoms with Gasteiger partial charge in [0.15, 0.2) is 5.65 Å². The lowest BCUT2D eigenvalue weighted by molar-refractivity contribution is 0.966. The maximum absolute atomic E-state index is 5.81. The van der Waals surface area contributed by atoms with Crippen LogP contribution in [0.1, 0.15) is 5.56 Å². The Morgan fingerprint density at radius 3 is 2.78 bits per heavy atom. The second-order valence-electron chi connectivity index (χ2n) is 4.27. The zero-order valence-corrected chi connectivity index (χ0v) is 9.96. The Balaban J connectivity index is 2.25. The minimum atomic E-state index is 0.277. The molecule has 2 aromatic heterocycles. The summed E-state index contributed by atoms with van der Waals surface area (Å²) in [5.74, 6) is 0.277. The highest BCUT2D eigenvalue weighted by molar-refractivity contribution is 5.71. The number of nitrogens with zero attached hydrogens (tertiary/aromatic N) is 3. The molecule has 18 heavy (non-hydrogen) atoms. The Morgan fingerprint density at radius 2 is 2.00 bits per heavy atom. The summed E-state index contributed by atoms with van der Waals surface area (Å²) < 4.78 is 1.68. The molecule has 0 fully saturated rings. The summed E-state index contributed by atoms with van der Waals surface area (Å²) in [7, 11) is 0. The van der Waals surface area contributed by atoms with Crippen LogP contribution < -0.4 is 11.5 Å². The van der Waals surface area contributed by atoms with Crippen LogP contribution in [0.2, 0.25) is 0 Å². The molecule has 0 bridgehead atoms. The first-order valence-corrected chi connectivity index (χ1v) is 5.62. The lowest BCUT2D eigenvalue weighted by atomic mass is 10.0. The first-order valence-electron chi connectivity index (χ1n) is 5.62. The lowest BCUT2D eigenvalue weighted by Gasteiger charge is -2.07. The Labute approximate surface area is 104 Å². The highest BCUT2D eigenvalue weighted by Crippen LogP contribution is 2.25. The van der Waals surface area contributed by atoms with Gasteiger partial charge in [-0.2, -0.15) is 4.98 Å². The number of nitrogen functional groups attached to an aromatic ring is 2. The molecule has 0 amide bonds. The molecule has 0 aliphatic carbocycles. The van der Waals surface area contributed by atoms with Crippen LogP contribution >= 0.6 is 0 Å². The van der Waals surface area contributed by atoms with E-state index in [2.05, 4.69) is 10.1 Å². The smallest absolute Gasteiger partial charge is 0.240 e. The minimum absolute atomic E-state index is 0.277. The first kappa shape index (κ1) is 10.6. The molecule has 3 rings (SSSR count). The van der Waals surface area contributed by atoms with Crippen LogP contribution in [0.5, 0.6) is 0 Å². The van der Waals surface area contributed by atoms with Crippen molar-refractivity contribution in [2.24, 2.45) is 0 Å². The largest absolute Gasteiger partial charge is 0.399 e. The fraction of sp³-hybridized carbons (Fsp3) is 0.0769. The van der Waals surface area contributed by atoms with E-state index in [1.165, 1.54) is 0 Å². The second-order valence-corrected chi connectivity index (χ2v) is 4.27. The number of hydrogen-bond acceptors (Lipinski definition) is 4. The van der Waals surface area contributed by atoms with Crippen molar-refractivity contribution in [3.05, 3.63) is 42.1 Å². The van der Waals surface area contributed by atoms with E-state index < -0.39 is 0 Å². The lowest BCUT2D eigenvalue weighted by Crippen LogP contribution is -1.93. The molecule has 4 N–H and O–H groups in total. The van der Waals surface area contributed by atoms with Gasteiger partial charge < -0.3 is 11.5 Å². The summed E-state index contributed by atoms with van der Waals surface area (Å²) in [6, 6.07) is 9.72. The van der Waals surface area contributed by atoms with Crippen LogP contribution in [0.4, 0.5) is 11.6 Å². The summed E-state index contributed by atoms with van der Waals surface area (Å²) in [6.45, 7) is 2.03. The van der Waals surface area contributed by atoms with Gasteiger partial charge in [0, 0.05) is 17.4 Å². The Hall–Kier alpha value is -2.56. The SMILES string of the molecule is Cc1cc2nc(N)nn2cc1-c1cccc(N)c1. The van der Waals surface area contributed by atoms with Gasteiger partial charge >= 0.3 is 0 Å². The van der Waals surface area contributed by atoms with Crippen molar-refractivity contribution in [1.29, 1.82) is 0 Å². The van der Waals surface area contributed by atoms with Crippen molar-refractivity contribution in [3.63, 3.8) is 0 Å². The number of anilines is 2. The fourth-order valence-corrected chi connectivity index (χ4v) is 2.05. The number of hydrogen-bond donors (Lipinski definition) is 2. The molecule has 90 valence electrons. The van der Waals surface area contributed by atoms with E-state index in [9.17, 15) is 0 Å². The fourth-order valence-electron chi connectivity index (χ4n) is 2.05. The molecular formula is C13H13N5. The van der Waals surface area contributed by atoms with Crippen LogP contribution in [0.15, 0.2) is 36.5 Å². The van der Waals surface area contributed by atoms with Gasteiger partial charge in [0.05, 0.1) is 0 Å². The molecule has 0 spiro atoms. The zero-order valence-electron chi connectivity index (χ0n) is 9.96. The van der Waals surface area contributed by atoms with Gasteiger partial charge in [-0.15, -0.1) is 5.10 Å². The van der Waals surface area contributed by atoms with Crippen LogP contribution in [-0.4, -0.2) is 14.6 Å². The molecule has 0 saturated carbocycles. The third kappa shape index (κ3) is 1.66. The monoisotopic (exact) mass is 239 g/mol. The van der Waals surface area contributed by atoms with E-state index in [1.54, 1.807) is 4.52 Å². The molecule has 0 atom stereocenters. The predicted octanol–water partition coefficient (Wildman–Crippen LogP) is 1.87. The van der Waals surface area contributed by atoms with E-state index in [0.717, 1.165) is 28.0 Å². The predicted molar refractivity (Wildman–Crippen MR) is 72.0 cm³/mol. The molecule has 0 aliphatic heterocycles. The molecule has 3 aromatic rings. The average molecular weight is 239 g/mol. The topological polar surface area (TPSA) is 82.2 Å². The van der Waals surface area contributed by atoms with Gasteiger partial charge in [0.1, 0.15) is 0 Å². The van der Waals surface area contributed by atoms with Crippen molar-refractivity contribution < 1.29 is 0 Å². The number of benzene rings is 1. The molecule has 1 aromatic carbocycles. The third-order valence-corrected chi connectivity index (χ3v) is 2.89. The molecule has 5 heteroatoms. The molecule has 5 nitrogen and oxygen atoms in total. The van der Waals surface area contributed by atoms with E-state index in [1.807, 2.05) is 43.5 Å². The quantitative estimate of drug-likeness (QED) is 0.635. The van der Waals surface area contributed by atoms with E-state index in [0.29, 0.717) is 0 Å². The van der Waals surface area contributed by atoms with Crippen LogP contribution in [0, 0.1) is 6.92 Å². The van der Waals surface area contributed by atoms with E-state index in [4.69, 9.17) is 11.5 Å². The Morgan fingerprint density at radius 1 is 1.17 bits per heavy atom. The summed E-state index contributed by atoms with van der Waals surface area (Å²) in [5.41, 5.74) is 16.1. The number of aryl methyl sites for hydroxylation is 1. The summed E-state index contributed by atoms with van der Waals surface area (Å²) in [4.78, 5) is 4.13. The highest BCUT2D eigenvalue weighted by atomic mass is 15.3. The number of aromatic nitrogens is 3. The second kappa shape index (κ2) is 3.73.